The summed E-state index contributed by atoms with van der Waals surface area (Å²) in [4.78, 5) is 20.5. The van der Waals surface area contributed by atoms with E-state index in [4.69, 9.17) is 0 Å². The van der Waals surface area contributed by atoms with Crippen molar-refractivity contribution in [2.75, 3.05) is 0 Å². The van der Waals surface area contributed by atoms with Gasteiger partial charge in [-0.25, -0.2) is 23.1 Å². The molecule has 26 heavy (non-hydrogen) atoms. The van der Waals surface area contributed by atoms with E-state index in [0.29, 0.717) is 16.5 Å². The summed E-state index contributed by atoms with van der Waals surface area (Å²) >= 11 is 0. The predicted octanol–water partition coefficient (Wildman–Crippen LogP) is 2.65. The Balaban J connectivity index is 1.66. The average Bonchev–Trinajstić information content (AvgIpc) is 2.63. The molecule has 2 heterocycles. The van der Waals surface area contributed by atoms with Crippen molar-refractivity contribution in [1.29, 1.82) is 0 Å². The number of hydrogen-bond acceptors (Lipinski definition) is 6. The summed E-state index contributed by atoms with van der Waals surface area (Å²) < 4.78 is 27.3. The largest absolute Gasteiger partial charge is 0.296 e. The zero-order valence-corrected chi connectivity index (χ0v) is 14.5. The molecule has 3 aromatic rings. The Kier molecular flexibility index (Phi) is 3.82. The number of aryl methyl sites for hydroxylation is 1. The van der Waals surface area contributed by atoms with Crippen LogP contribution in [0.25, 0.3) is 10.9 Å². The number of carbonyl (C=O) groups excluding carboxylic acids is 1. The van der Waals surface area contributed by atoms with E-state index < -0.39 is 15.9 Å². The van der Waals surface area contributed by atoms with Gasteiger partial charge in [0.05, 0.1) is 27.9 Å². The first-order chi connectivity index (χ1) is 12.4. The molecule has 130 valence electrons. The first-order valence-corrected chi connectivity index (χ1v) is 9.24. The van der Waals surface area contributed by atoms with Gasteiger partial charge in [-0.15, -0.1) is 10.2 Å². The van der Waals surface area contributed by atoms with Gasteiger partial charge in [-0.1, -0.05) is 23.8 Å². The minimum Gasteiger partial charge on any atom is -0.265 e. The smallest absolute Gasteiger partial charge is 0.265 e. The lowest BCUT2D eigenvalue weighted by molar-refractivity contribution is 0.0995. The number of hydrogen-bond donors (Lipinski definition) is 1. The van der Waals surface area contributed by atoms with Gasteiger partial charge in [-0.2, -0.15) is 0 Å². The fourth-order valence-electron chi connectivity index (χ4n) is 2.65. The normalized spacial score (nSPS) is 13.3. The average molecular weight is 367 g/mol. The van der Waals surface area contributed by atoms with Crippen molar-refractivity contribution in [3.8, 4) is 0 Å². The molecule has 1 amide bonds. The van der Waals surface area contributed by atoms with Gasteiger partial charge in [0.2, 0.25) is 10.0 Å². The lowest BCUT2D eigenvalue weighted by atomic mass is 10.1. The van der Waals surface area contributed by atoms with E-state index >= 15 is 0 Å². The van der Waals surface area contributed by atoms with Gasteiger partial charge in [-0.3, -0.25) is 4.79 Å². The van der Waals surface area contributed by atoms with E-state index in [0.717, 1.165) is 5.56 Å². The van der Waals surface area contributed by atoms with E-state index in [1.165, 1.54) is 12.1 Å². The maximum absolute atomic E-state index is 12.4. The molecule has 1 aromatic heterocycles. The van der Waals surface area contributed by atoms with Gasteiger partial charge in [-0.05, 0) is 31.2 Å². The predicted molar refractivity (Wildman–Crippen MR) is 93.6 cm³/mol. The van der Waals surface area contributed by atoms with Gasteiger partial charge in [0, 0.05) is 0 Å². The zero-order chi connectivity index (χ0) is 18.3. The van der Waals surface area contributed by atoms with Crippen LogP contribution in [0.3, 0.4) is 0 Å². The highest BCUT2D eigenvalue weighted by Crippen LogP contribution is 2.30. The Morgan fingerprint density at radius 2 is 1.77 bits per heavy atom. The summed E-state index contributed by atoms with van der Waals surface area (Å²) in [6.45, 7) is 1.78. The molecule has 0 atom stereocenters. The Hall–Kier alpha value is -3.04. The number of aromatic nitrogens is 2. The first-order valence-electron chi connectivity index (χ1n) is 7.76. The lowest BCUT2D eigenvalue weighted by Gasteiger charge is -2.11. The van der Waals surface area contributed by atoms with Crippen LogP contribution in [0.15, 0.2) is 57.6 Å². The van der Waals surface area contributed by atoms with E-state index in [1.807, 2.05) is 6.92 Å². The molecule has 0 fully saturated rings. The second kappa shape index (κ2) is 6.04. The highest BCUT2D eigenvalue weighted by Gasteiger charge is 2.21. The van der Waals surface area contributed by atoms with Crippen molar-refractivity contribution >= 4 is 32.7 Å². The number of sulfonamides is 1. The topological polar surface area (TPSA) is 114 Å². The minimum atomic E-state index is -3.69. The molecular formula is C17H13N5O3S. The molecule has 1 aliphatic rings. The monoisotopic (exact) mass is 367 g/mol. The maximum atomic E-state index is 12.4. The zero-order valence-electron chi connectivity index (χ0n) is 13.7. The second-order valence-electron chi connectivity index (χ2n) is 5.81. The number of nitrogens with one attached hydrogen (secondary N) is 1. The van der Waals surface area contributed by atoms with Gasteiger partial charge < -0.3 is 0 Å². The van der Waals surface area contributed by atoms with Crippen LogP contribution < -0.4 is 4.72 Å². The van der Waals surface area contributed by atoms with Crippen LogP contribution in [0.1, 0.15) is 21.7 Å². The van der Waals surface area contributed by atoms with Gasteiger partial charge in [0.15, 0.2) is 5.82 Å². The number of amides is 1. The van der Waals surface area contributed by atoms with Gasteiger partial charge in [0.1, 0.15) is 5.82 Å². The quantitative estimate of drug-likeness (QED) is 0.761. The van der Waals surface area contributed by atoms with E-state index in [1.54, 1.807) is 30.3 Å². The summed E-state index contributed by atoms with van der Waals surface area (Å²) in [7, 11) is -3.69. The lowest BCUT2D eigenvalue weighted by Crippen LogP contribution is -2.24. The molecular weight excluding hydrogens is 354 g/mol. The van der Waals surface area contributed by atoms with Crippen molar-refractivity contribution in [1.82, 2.24) is 14.7 Å². The minimum absolute atomic E-state index is 0.104. The molecule has 0 bridgehead atoms. The molecule has 2 aromatic carbocycles. The molecule has 4 rings (SSSR count). The van der Waals surface area contributed by atoms with Gasteiger partial charge in [0.25, 0.3) is 5.91 Å². The SMILES string of the molecule is Cc1ccc(S(=O)(=O)NCc2nc3c4c(cccc4n2)C(=O)N=N3)cc1. The first kappa shape index (κ1) is 16.4. The third-order valence-electron chi connectivity index (χ3n) is 3.97. The summed E-state index contributed by atoms with van der Waals surface area (Å²) in [6.07, 6.45) is 0. The Morgan fingerprint density at radius 1 is 1.00 bits per heavy atom. The van der Waals surface area contributed by atoms with Crippen LogP contribution in [0.5, 0.6) is 0 Å². The Morgan fingerprint density at radius 3 is 2.54 bits per heavy atom. The highest BCUT2D eigenvalue weighted by atomic mass is 32.2. The van der Waals surface area contributed by atoms with Crippen LogP contribution in [-0.4, -0.2) is 24.3 Å². The van der Waals surface area contributed by atoms with Crippen molar-refractivity contribution in [3.63, 3.8) is 0 Å². The number of azo groups is 1. The molecule has 0 spiro atoms. The number of carbonyl (C=O) groups is 1. The van der Waals surface area contributed by atoms with Crippen LogP contribution in [0.2, 0.25) is 0 Å². The number of nitrogens with zero attached hydrogens (tertiary/aromatic N) is 4. The standard InChI is InChI=1S/C17H13N5O3S/c1-10-5-7-11(8-6-10)26(24,25)18-9-14-19-13-4-2-3-12-15(13)16(20-14)21-22-17(12)23/h2-8,18H,9H2,1H3. The van der Waals surface area contributed by atoms with E-state index in [9.17, 15) is 13.2 Å². The summed E-state index contributed by atoms with van der Waals surface area (Å²) in [6, 6.07) is 11.6. The second-order valence-corrected chi connectivity index (χ2v) is 7.57. The van der Waals surface area contributed by atoms with Crippen molar-refractivity contribution < 1.29 is 13.2 Å². The van der Waals surface area contributed by atoms with Crippen LogP contribution in [0.4, 0.5) is 5.82 Å². The Bertz CT molecular complexity index is 1170. The van der Waals surface area contributed by atoms with E-state index in [-0.39, 0.29) is 23.1 Å². The molecule has 0 radical (unpaired) electrons. The number of rotatable bonds is 4. The van der Waals surface area contributed by atoms with Crippen molar-refractivity contribution in [2.45, 2.75) is 18.4 Å². The molecule has 1 aliphatic heterocycles. The van der Waals surface area contributed by atoms with Crippen LogP contribution in [0, 0.1) is 6.92 Å². The summed E-state index contributed by atoms with van der Waals surface area (Å²) in [5.41, 5.74) is 1.87. The third kappa shape index (κ3) is 2.87. The maximum Gasteiger partial charge on any atom is 0.296 e. The molecule has 0 unspecified atom stereocenters. The van der Waals surface area contributed by atoms with Crippen molar-refractivity contribution in [2.24, 2.45) is 10.2 Å². The molecule has 0 saturated heterocycles. The highest BCUT2D eigenvalue weighted by molar-refractivity contribution is 7.89. The fourth-order valence-corrected chi connectivity index (χ4v) is 3.63. The molecule has 1 N–H and O–H groups in total. The summed E-state index contributed by atoms with van der Waals surface area (Å²) in [5.74, 6) is 0.0582. The third-order valence-corrected chi connectivity index (χ3v) is 5.39. The molecule has 0 aliphatic carbocycles. The molecule has 0 saturated carbocycles. The van der Waals surface area contributed by atoms with Gasteiger partial charge >= 0.3 is 0 Å². The fraction of sp³-hybridized carbons (Fsp3) is 0.118. The molecule has 9 heteroatoms. The number of benzene rings is 2. The summed E-state index contributed by atoms with van der Waals surface area (Å²) in [5, 5.41) is 7.90. The molecule has 8 nitrogen and oxygen atoms in total. The van der Waals surface area contributed by atoms with Crippen LogP contribution in [-0.2, 0) is 16.6 Å². The van der Waals surface area contributed by atoms with E-state index in [2.05, 4.69) is 24.9 Å². The van der Waals surface area contributed by atoms with Crippen molar-refractivity contribution in [3.05, 3.63) is 59.4 Å². The van der Waals surface area contributed by atoms with Crippen LogP contribution >= 0.6 is 0 Å². The Labute approximate surface area is 149 Å².